The van der Waals surface area contributed by atoms with Gasteiger partial charge < -0.3 is 5.11 Å². The summed E-state index contributed by atoms with van der Waals surface area (Å²) in [6.45, 7) is 1.53. The van der Waals surface area contributed by atoms with E-state index < -0.39 is 16.1 Å². The normalized spacial score (nSPS) is 12.1. The van der Waals surface area contributed by atoms with Crippen molar-refractivity contribution in [2.45, 2.75) is 17.1 Å². The summed E-state index contributed by atoms with van der Waals surface area (Å²) < 4.78 is 0. The number of nitro benzene ring substituents is 1. The van der Waals surface area contributed by atoms with Gasteiger partial charge in [0.25, 0.3) is 5.69 Å². The molecule has 80 valence electrons. The molecule has 0 heterocycles. The molecular weight excluding hydrogens is 218 g/mol. The van der Waals surface area contributed by atoms with E-state index in [1.807, 2.05) is 0 Å². The molecule has 1 aromatic rings. The van der Waals surface area contributed by atoms with Gasteiger partial charge in [-0.3, -0.25) is 14.9 Å². The van der Waals surface area contributed by atoms with Crippen molar-refractivity contribution in [3.63, 3.8) is 0 Å². The molecule has 1 rings (SSSR count). The highest BCUT2D eigenvalue weighted by atomic mass is 32.2. The fourth-order valence-corrected chi connectivity index (χ4v) is 1.78. The summed E-state index contributed by atoms with van der Waals surface area (Å²) >= 11 is 1.08. The predicted molar refractivity (Wildman–Crippen MR) is 56.1 cm³/mol. The summed E-state index contributed by atoms with van der Waals surface area (Å²) in [5.41, 5.74) is -0.0300. The van der Waals surface area contributed by atoms with Gasteiger partial charge in [0.2, 0.25) is 0 Å². The van der Waals surface area contributed by atoms with Crippen molar-refractivity contribution in [2.24, 2.45) is 0 Å². The maximum Gasteiger partial charge on any atom is 0.316 e. The van der Waals surface area contributed by atoms with Gasteiger partial charge in [0.15, 0.2) is 0 Å². The molecule has 0 spiro atoms. The van der Waals surface area contributed by atoms with Crippen LogP contribution in [0.2, 0.25) is 0 Å². The third kappa shape index (κ3) is 3.25. The van der Waals surface area contributed by atoms with Gasteiger partial charge in [-0.1, -0.05) is 6.07 Å². The Kier molecular flexibility index (Phi) is 3.68. The number of nitrogens with zero attached hydrogens (tertiary/aromatic N) is 1. The van der Waals surface area contributed by atoms with Crippen molar-refractivity contribution in [1.82, 2.24) is 0 Å². The lowest BCUT2D eigenvalue weighted by Gasteiger charge is -2.04. The quantitative estimate of drug-likeness (QED) is 0.484. The van der Waals surface area contributed by atoms with Gasteiger partial charge in [0.1, 0.15) is 5.25 Å². The SMILES string of the molecule is CC(Sc1cccc([N+](=O)[O-])c1)C(=O)O. The number of non-ortho nitro benzene ring substituents is 1. The Hall–Kier alpha value is -1.56. The van der Waals surface area contributed by atoms with Gasteiger partial charge in [0, 0.05) is 17.0 Å². The monoisotopic (exact) mass is 227 g/mol. The smallest absolute Gasteiger partial charge is 0.316 e. The van der Waals surface area contributed by atoms with Crippen molar-refractivity contribution >= 4 is 23.4 Å². The summed E-state index contributed by atoms with van der Waals surface area (Å²) in [6, 6.07) is 5.92. The van der Waals surface area contributed by atoms with Crippen molar-refractivity contribution in [3.05, 3.63) is 34.4 Å². The fourth-order valence-electron chi connectivity index (χ4n) is 0.925. The van der Waals surface area contributed by atoms with Crippen LogP contribution in [0.3, 0.4) is 0 Å². The van der Waals surface area contributed by atoms with E-state index in [4.69, 9.17) is 5.11 Å². The number of hydrogen-bond donors (Lipinski definition) is 1. The number of rotatable bonds is 4. The number of carbonyl (C=O) groups is 1. The minimum atomic E-state index is -0.938. The zero-order valence-electron chi connectivity index (χ0n) is 7.91. The number of benzene rings is 1. The third-order valence-electron chi connectivity index (χ3n) is 1.69. The Labute approximate surface area is 90.3 Å². The molecule has 1 atom stereocenters. The highest BCUT2D eigenvalue weighted by Gasteiger charge is 2.14. The number of aliphatic carboxylic acids is 1. The molecular formula is C9H9NO4S. The molecule has 6 heteroatoms. The van der Waals surface area contributed by atoms with Crippen LogP contribution in [-0.2, 0) is 4.79 Å². The molecule has 1 N–H and O–H groups in total. The molecule has 0 radical (unpaired) electrons. The number of nitro groups is 1. The maximum atomic E-state index is 10.6. The minimum Gasteiger partial charge on any atom is -0.480 e. The second-order valence-electron chi connectivity index (χ2n) is 2.85. The van der Waals surface area contributed by atoms with Crippen LogP contribution < -0.4 is 0 Å². The summed E-state index contributed by atoms with van der Waals surface area (Å²) in [5, 5.41) is 18.5. The first-order valence-electron chi connectivity index (χ1n) is 4.14. The van der Waals surface area contributed by atoms with Crippen molar-refractivity contribution < 1.29 is 14.8 Å². The molecule has 0 aliphatic heterocycles. The Morgan fingerprint density at radius 1 is 1.60 bits per heavy atom. The molecule has 0 saturated heterocycles. The average Bonchev–Trinajstić information content (AvgIpc) is 2.18. The lowest BCUT2D eigenvalue weighted by Crippen LogP contribution is -2.10. The van der Waals surface area contributed by atoms with Crippen LogP contribution in [0.1, 0.15) is 6.92 Å². The topological polar surface area (TPSA) is 80.4 Å². The van der Waals surface area contributed by atoms with Crippen molar-refractivity contribution in [2.75, 3.05) is 0 Å². The number of hydrogen-bond acceptors (Lipinski definition) is 4. The van der Waals surface area contributed by atoms with Gasteiger partial charge >= 0.3 is 5.97 Å². The first-order chi connectivity index (χ1) is 7.00. The highest BCUT2D eigenvalue weighted by molar-refractivity contribution is 8.00. The van der Waals surface area contributed by atoms with Gasteiger partial charge in [-0.25, -0.2) is 0 Å². The molecule has 5 nitrogen and oxygen atoms in total. The lowest BCUT2D eigenvalue weighted by molar-refractivity contribution is -0.385. The zero-order chi connectivity index (χ0) is 11.4. The van der Waals surface area contributed by atoms with Crippen LogP contribution in [0.15, 0.2) is 29.2 Å². The second kappa shape index (κ2) is 4.79. The van der Waals surface area contributed by atoms with E-state index in [9.17, 15) is 14.9 Å². The molecule has 1 aromatic carbocycles. The van der Waals surface area contributed by atoms with Gasteiger partial charge in [-0.15, -0.1) is 11.8 Å². The molecule has 0 fully saturated rings. The van der Waals surface area contributed by atoms with E-state index in [1.54, 1.807) is 6.07 Å². The minimum absolute atomic E-state index is 0.0300. The van der Waals surface area contributed by atoms with Crippen LogP contribution in [0, 0.1) is 10.1 Å². The first kappa shape index (κ1) is 11.5. The van der Waals surface area contributed by atoms with Crippen LogP contribution in [0.5, 0.6) is 0 Å². The number of carboxylic acids is 1. The second-order valence-corrected chi connectivity index (χ2v) is 4.27. The Bertz CT molecular complexity index is 393. The summed E-state index contributed by atoms with van der Waals surface area (Å²) in [5.74, 6) is -0.938. The fraction of sp³-hybridized carbons (Fsp3) is 0.222. The van der Waals surface area contributed by atoms with Crippen LogP contribution in [0.25, 0.3) is 0 Å². The largest absolute Gasteiger partial charge is 0.480 e. The van der Waals surface area contributed by atoms with E-state index in [1.165, 1.54) is 25.1 Å². The maximum absolute atomic E-state index is 10.6. The standard InChI is InChI=1S/C9H9NO4S/c1-6(9(11)12)15-8-4-2-3-7(5-8)10(13)14/h2-6H,1H3,(H,11,12). The summed E-state index contributed by atoms with van der Waals surface area (Å²) in [6.07, 6.45) is 0. The summed E-state index contributed by atoms with van der Waals surface area (Å²) in [7, 11) is 0. The van der Waals surface area contributed by atoms with Crippen molar-refractivity contribution in [3.8, 4) is 0 Å². The number of carboxylic acid groups (broad SMARTS) is 1. The Morgan fingerprint density at radius 2 is 2.27 bits per heavy atom. The van der Waals surface area contributed by atoms with Crippen molar-refractivity contribution in [1.29, 1.82) is 0 Å². The molecule has 0 amide bonds. The molecule has 0 aliphatic rings. The molecule has 0 aromatic heterocycles. The molecule has 1 unspecified atom stereocenters. The van der Waals surface area contributed by atoms with E-state index in [2.05, 4.69) is 0 Å². The van der Waals surface area contributed by atoms with Gasteiger partial charge in [0.05, 0.1) is 4.92 Å². The van der Waals surface area contributed by atoms with Gasteiger partial charge in [-0.05, 0) is 13.0 Å². The van der Waals surface area contributed by atoms with E-state index in [0.717, 1.165) is 11.8 Å². The predicted octanol–water partition coefficient (Wildman–Crippen LogP) is 2.16. The zero-order valence-corrected chi connectivity index (χ0v) is 8.73. The van der Waals surface area contributed by atoms with E-state index in [-0.39, 0.29) is 5.69 Å². The van der Waals surface area contributed by atoms with Crippen LogP contribution >= 0.6 is 11.8 Å². The summed E-state index contributed by atoms with van der Waals surface area (Å²) in [4.78, 5) is 21.1. The van der Waals surface area contributed by atoms with Crippen LogP contribution in [0.4, 0.5) is 5.69 Å². The van der Waals surface area contributed by atoms with E-state index in [0.29, 0.717) is 4.90 Å². The molecule has 0 aliphatic carbocycles. The third-order valence-corrected chi connectivity index (χ3v) is 2.77. The first-order valence-corrected chi connectivity index (χ1v) is 5.02. The Morgan fingerprint density at radius 3 is 2.80 bits per heavy atom. The average molecular weight is 227 g/mol. The Balaban J connectivity index is 2.82. The van der Waals surface area contributed by atoms with E-state index >= 15 is 0 Å². The van der Waals surface area contributed by atoms with Crippen LogP contribution in [-0.4, -0.2) is 21.2 Å². The highest BCUT2D eigenvalue weighted by Crippen LogP contribution is 2.26. The van der Waals surface area contributed by atoms with Gasteiger partial charge in [-0.2, -0.15) is 0 Å². The lowest BCUT2D eigenvalue weighted by atomic mass is 10.3. The molecule has 15 heavy (non-hydrogen) atoms. The molecule has 0 bridgehead atoms. The molecule has 0 saturated carbocycles. The number of thioether (sulfide) groups is 1.